The third-order valence-electron chi connectivity index (χ3n) is 4.54. The van der Waals surface area contributed by atoms with E-state index in [0.717, 1.165) is 12.1 Å². The van der Waals surface area contributed by atoms with Crippen LogP contribution in [0.2, 0.25) is 0 Å². The molecule has 1 saturated heterocycles. The second-order valence-electron chi connectivity index (χ2n) is 6.35. The number of carbonyl (C=O) groups is 1. The number of hydrogen-bond acceptors (Lipinski definition) is 4. The molecule has 0 saturated carbocycles. The van der Waals surface area contributed by atoms with Gasteiger partial charge in [0, 0.05) is 39.1 Å². The molecule has 0 atom stereocenters. The van der Waals surface area contributed by atoms with Gasteiger partial charge in [-0.2, -0.15) is 4.31 Å². The van der Waals surface area contributed by atoms with Crippen LogP contribution >= 0.6 is 0 Å². The lowest BCUT2D eigenvalue weighted by atomic mass is 9.97. The SMILES string of the molecule is CNCCN(C)C(=O)C1CCN(S(=O)(=O)c2ccc(C)cc2)CC1. The van der Waals surface area contributed by atoms with Crippen molar-refractivity contribution in [1.29, 1.82) is 0 Å². The van der Waals surface area contributed by atoms with Gasteiger partial charge < -0.3 is 10.2 Å². The summed E-state index contributed by atoms with van der Waals surface area (Å²) >= 11 is 0. The first-order chi connectivity index (χ1) is 11.4. The number of likely N-dealkylation sites (N-methyl/N-ethyl adjacent to an activating group) is 2. The molecule has 0 unspecified atom stereocenters. The largest absolute Gasteiger partial charge is 0.344 e. The average molecular weight is 353 g/mol. The molecule has 6 nitrogen and oxygen atoms in total. The third-order valence-corrected chi connectivity index (χ3v) is 6.45. The van der Waals surface area contributed by atoms with Crippen molar-refractivity contribution in [3.63, 3.8) is 0 Å². The molecule has 1 aromatic carbocycles. The predicted molar refractivity (Wildman–Crippen MR) is 94.2 cm³/mol. The van der Waals surface area contributed by atoms with Crippen LogP contribution in [0.5, 0.6) is 0 Å². The van der Waals surface area contributed by atoms with Crippen LogP contribution in [0.1, 0.15) is 18.4 Å². The number of piperidine rings is 1. The van der Waals surface area contributed by atoms with Gasteiger partial charge in [0.15, 0.2) is 0 Å². The van der Waals surface area contributed by atoms with E-state index in [1.165, 1.54) is 4.31 Å². The molecule has 1 heterocycles. The molecule has 0 bridgehead atoms. The van der Waals surface area contributed by atoms with Crippen molar-refractivity contribution in [2.24, 2.45) is 5.92 Å². The van der Waals surface area contributed by atoms with Crippen LogP contribution in [-0.4, -0.2) is 63.8 Å². The second kappa shape index (κ2) is 8.09. The minimum atomic E-state index is -3.46. The Morgan fingerprint density at radius 2 is 1.83 bits per heavy atom. The van der Waals surface area contributed by atoms with Crippen molar-refractivity contribution < 1.29 is 13.2 Å². The standard InChI is InChI=1S/C17H27N3O3S/c1-14-4-6-16(7-5-14)24(22,23)20-11-8-15(9-12-20)17(21)19(3)13-10-18-2/h4-7,15,18H,8-13H2,1-3H3. The first-order valence-corrected chi connectivity index (χ1v) is 9.76. The van der Waals surface area contributed by atoms with E-state index in [2.05, 4.69) is 5.32 Å². The van der Waals surface area contributed by atoms with Crippen molar-refractivity contribution >= 4 is 15.9 Å². The number of nitrogens with one attached hydrogen (secondary N) is 1. The van der Waals surface area contributed by atoms with Gasteiger partial charge in [-0.1, -0.05) is 17.7 Å². The highest BCUT2D eigenvalue weighted by Crippen LogP contribution is 2.25. The number of amides is 1. The van der Waals surface area contributed by atoms with Crippen molar-refractivity contribution in [3.05, 3.63) is 29.8 Å². The predicted octanol–water partition coefficient (Wildman–Crippen LogP) is 1.07. The van der Waals surface area contributed by atoms with Crippen molar-refractivity contribution in [2.45, 2.75) is 24.7 Å². The fourth-order valence-corrected chi connectivity index (χ4v) is 4.37. The lowest BCUT2D eigenvalue weighted by Crippen LogP contribution is -2.44. The Balaban J connectivity index is 1.97. The second-order valence-corrected chi connectivity index (χ2v) is 8.29. The highest BCUT2D eigenvalue weighted by atomic mass is 32.2. The van der Waals surface area contributed by atoms with Gasteiger partial charge in [0.2, 0.25) is 15.9 Å². The number of hydrogen-bond donors (Lipinski definition) is 1. The lowest BCUT2D eigenvalue weighted by Gasteiger charge is -2.32. The van der Waals surface area contributed by atoms with Gasteiger partial charge in [-0.05, 0) is 38.9 Å². The molecule has 1 aromatic rings. The first kappa shape index (κ1) is 18.9. The summed E-state index contributed by atoms with van der Waals surface area (Å²) in [6.45, 7) is 4.14. The summed E-state index contributed by atoms with van der Waals surface area (Å²) in [4.78, 5) is 14.4. The van der Waals surface area contributed by atoms with Gasteiger partial charge >= 0.3 is 0 Å². The zero-order valence-corrected chi connectivity index (χ0v) is 15.5. The molecule has 2 rings (SSSR count). The molecule has 1 N–H and O–H groups in total. The Bertz CT molecular complexity index is 650. The van der Waals surface area contributed by atoms with E-state index >= 15 is 0 Å². The lowest BCUT2D eigenvalue weighted by molar-refractivity contribution is -0.135. The van der Waals surface area contributed by atoms with Gasteiger partial charge in [0.25, 0.3) is 0 Å². The number of aryl methyl sites for hydroxylation is 1. The minimum absolute atomic E-state index is 0.0867. The zero-order valence-electron chi connectivity index (χ0n) is 14.7. The molecule has 0 spiro atoms. The number of rotatable bonds is 6. The number of nitrogens with zero attached hydrogens (tertiary/aromatic N) is 2. The normalized spacial score (nSPS) is 17.0. The van der Waals surface area contributed by atoms with Crippen LogP contribution in [0.3, 0.4) is 0 Å². The topological polar surface area (TPSA) is 69.7 Å². The van der Waals surface area contributed by atoms with Gasteiger partial charge in [-0.15, -0.1) is 0 Å². The van der Waals surface area contributed by atoms with Crippen LogP contribution in [0.15, 0.2) is 29.2 Å². The Morgan fingerprint density at radius 3 is 2.38 bits per heavy atom. The molecule has 1 fully saturated rings. The van der Waals surface area contributed by atoms with Crippen molar-refractivity contribution in [3.8, 4) is 0 Å². The maximum Gasteiger partial charge on any atom is 0.243 e. The van der Waals surface area contributed by atoms with Crippen LogP contribution in [0.4, 0.5) is 0 Å². The Morgan fingerprint density at radius 1 is 1.25 bits per heavy atom. The Kier molecular flexibility index (Phi) is 6.37. The fraction of sp³-hybridized carbons (Fsp3) is 0.588. The highest BCUT2D eigenvalue weighted by Gasteiger charge is 2.32. The minimum Gasteiger partial charge on any atom is -0.344 e. The summed E-state index contributed by atoms with van der Waals surface area (Å²) < 4.78 is 26.8. The van der Waals surface area contributed by atoms with Crippen LogP contribution in [0.25, 0.3) is 0 Å². The van der Waals surface area contributed by atoms with E-state index in [9.17, 15) is 13.2 Å². The number of benzene rings is 1. The van der Waals surface area contributed by atoms with Crippen molar-refractivity contribution in [1.82, 2.24) is 14.5 Å². The monoisotopic (exact) mass is 353 g/mol. The molecule has 134 valence electrons. The van der Waals surface area contributed by atoms with Crippen LogP contribution < -0.4 is 5.32 Å². The summed E-state index contributed by atoms with van der Waals surface area (Å²) in [6.07, 6.45) is 1.15. The van der Waals surface area contributed by atoms with E-state index in [0.29, 0.717) is 37.4 Å². The van der Waals surface area contributed by atoms with Gasteiger partial charge in [-0.25, -0.2) is 8.42 Å². The summed E-state index contributed by atoms with van der Waals surface area (Å²) in [7, 11) is 0.191. The van der Waals surface area contributed by atoms with Crippen LogP contribution in [-0.2, 0) is 14.8 Å². The van der Waals surface area contributed by atoms with E-state index < -0.39 is 10.0 Å². The molecule has 24 heavy (non-hydrogen) atoms. The van der Waals surface area contributed by atoms with E-state index in [4.69, 9.17) is 0 Å². The van der Waals surface area contributed by atoms with Gasteiger partial charge in [0.1, 0.15) is 0 Å². The Labute approximate surface area is 144 Å². The molecule has 1 aliphatic rings. The van der Waals surface area contributed by atoms with Crippen molar-refractivity contribution in [2.75, 3.05) is 40.3 Å². The number of carbonyl (C=O) groups excluding carboxylic acids is 1. The van der Waals surface area contributed by atoms with Gasteiger partial charge in [0.05, 0.1) is 4.90 Å². The van der Waals surface area contributed by atoms with E-state index in [-0.39, 0.29) is 11.8 Å². The molecular formula is C17H27N3O3S. The summed E-state index contributed by atoms with van der Waals surface area (Å²) in [5.41, 5.74) is 1.03. The highest BCUT2D eigenvalue weighted by molar-refractivity contribution is 7.89. The Hall–Kier alpha value is -1.44. The smallest absolute Gasteiger partial charge is 0.243 e. The quantitative estimate of drug-likeness (QED) is 0.831. The van der Waals surface area contributed by atoms with Gasteiger partial charge in [-0.3, -0.25) is 4.79 Å². The molecule has 0 aromatic heterocycles. The number of sulfonamides is 1. The molecule has 7 heteroatoms. The molecule has 1 amide bonds. The molecule has 0 aliphatic carbocycles. The molecular weight excluding hydrogens is 326 g/mol. The van der Waals surface area contributed by atoms with E-state index in [1.54, 1.807) is 36.2 Å². The van der Waals surface area contributed by atoms with Crippen LogP contribution in [0, 0.1) is 12.8 Å². The summed E-state index contributed by atoms with van der Waals surface area (Å²) in [5.74, 6) is 0.0222. The maximum atomic E-state index is 12.7. The molecule has 0 radical (unpaired) electrons. The zero-order chi connectivity index (χ0) is 17.7. The summed E-state index contributed by atoms with van der Waals surface area (Å²) in [6, 6.07) is 6.90. The molecule has 1 aliphatic heterocycles. The fourth-order valence-electron chi connectivity index (χ4n) is 2.90. The third kappa shape index (κ3) is 4.34. The maximum absolute atomic E-state index is 12.7. The first-order valence-electron chi connectivity index (χ1n) is 8.32. The average Bonchev–Trinajstić information content (AvgIpc) is 2.59. The van der Waals surface area contributed by atoms with E-state index in [1.807, 2.05) is 14.0 Å². The summed E-state index contributed by atoms with van der Waals surface area (Å²) in [5, 5.41) is 3.02.